The van der Waals surface area contributed by atoms with Crippen LogP contribution in [0.2, 0.25) is 5.02 Å². The van der Waals surface area contributed by atoms with Crippen molar-refractivity contribution in [2.24, 2.45) is 0 Å². The topological polar surface area (TPSA) is 52.7 Å². The summed E-state index contributed by atoms with van der Waals surface area (Å²) in [4.78, 5) is 28.8. The van der Waals surface area contributed by atoms with Gasteiger partial charge in [-0.05, 0) is 50.6 Å². The molecule has 2 saturated heterocycles. The summed E-state index contributed by atoms with van der Waals surface area (Å²) in [5.41, 5.74) is 0.475. The first-order valence-electron chi connectivity index (χ1n) is 8.69. The molecule has 6 heteroatoms. The fourth-order valence-electron chi connectivity index (χ4n) is 3.55. The van der Waals surface area contributed by atoms with Crippen molar-refractivity contribution < 1.29 is 9.59 Å². The van der Waals surface area contributed by atoms with Crippen LogP contribution >= 0.6 is 11.6 Å². The van der Waals surface area contributed by atoms with E-state index in [0.29, 0.717) is 16.6 Å². The zero-order chi connectivity index (χ0) is 16.9. The lowest BCUT2D eigenvalue weighted by Crippen LogP contribution is -2.43. The first-order chi connectivity index (χ1) is 11.6. The molecule has 2 aliphatic heterocycles. The summed E-state index contributed by atoms with van der Waals surface area (Å²) in [5.74, 6) is -0.275. The zero-order valence-corrected chi connectivity index (χ0v) is 14.6. The number of hydrogen-bond donors (Lipinski definition) is 1. The lowest BCUT2D eigenvalue weighted by molar-refractivity contribution is -0.129. The second-order valence-electron chi connectivity index (χ2n) is 6.57. The van der Waals surface area contributed by atoms with Crippen molar-refractivity contribution in [3.05, 3.63) is 34.9 Å². The van der Waals surface area contributed by atoms with Gasteiger partial charge in [-0.2, -0.15) is 0 Å². The summed E-state index contributed by atoms with van der Waals surface area (Å²) >= 11 is 5.89. The van der Waals surface area contributed by atoms with Crippen molar-refractivity contribution in [1.82, 2.24) is 15.1 Å². The summed E-state index contributed by atoms with van der Waals surface area (Å²) in [6, 6.07) is 7.22. The molecular formula is C18H24ClN3O2. The lowest BCUT2D eigenvalue weighted by atomic mass is 10.1. The number of benzene rings is 1. The van der Waals surface area contributed by atoms with E-state index in [-0.39, 0.29) is 18.4 Å². The van der Waals surface area contributed by atoms with Crippen molar-refractivity contribution in [2.45, 2.75) is 31.7 Å². The Morgan fingerprint density at radius 2 is 1.96 bits per heavy atom. The monoisotopic (exact) mass is 349 g/mol. The molecule has 1 atom stereocenters. The molecule has 0 aromatic heterocycles. The number of nitrogens with zero attached hydrogens (tertiary/aromatic N) is 2. The normalized spacial score (nSPS) is 21.7. The van der Waals surface area contributed by atoms with Crippen molar-refractivity contribution >= 4 is 23.4 Å². The van der Waals surface area contributed by atoms with E-state index in [1.165, 1.54) is 19.3 Å². The van der Waals surface area contributed by atoms with Crippen LogP contribution in [0.3, 0.4) is 0 Å². The molecule has 1 unspecified atom stereocenters. The molecule has 1 N–H and O–H groups in total. The standard InChI is InChI=1S/C18H24ClN3O2/c19-15-6-4-5-14(11-15)18(24)20-12-17(23)22-10-7-16(13-22)21-8-2-1-3-9-21/h4-6,11,16H,1-3,7-10,12-13H2,(H,20,24). The first kappa shape index (κ1) is 17.2. The van der Waals surface area contributed by atoms with Crippen molar-refractivity contribution in [2.75, 3.05) is 32.7 Å². The van der Waals surface area contributed by atoms with E-state index in [0.717, 1.165) is 32.6 Å². The Morgan fingerprint density at radius 3 is 2.71 bits per heavy atom. The second kappa shape index (κ2) is 7.99. The van der Waals surface area contributed by atoms with Crippen LogP contribution in [-0.4, -0.2) is 60.4 Å². The number of amides is 2. The molecule has 1 aromatic rings. The van der Waals surface area contributed by atoms with E-state index in [4.69, 9.17) is 11.6 Å². The molecule has 24 heavy (non-hydrogen) atoms. The molecular weight excluding hydrogens is 326 g/mol. The van der Waals surface area contributed by atoms with Crippen molar-refractivity contribution in [3.63, 3.8) is 0 Å². The maximum atomic E-state index is 12.3. The minimum Gasteiger partial charge on any atom is -0.343 e. The van der Waals surface area contributed by atoms with Gasteiger partial charge < -0.3 is 10.2 Å². The fourth-order valence-corrected chi connectivity index (χ4v) is 3.74. The lowest BCUT2D eigenvalue weighted by Gasteiger charge is -2.32. The van der Waals surface area contributed by atoms with E-state index in [9.17, 15) is 9.59 Å². The molecule has 2 aliphatic rings. The largest absolute Gasteiger partial charge is 0.343 e. The Labute approximate surface area is 147 Å². The number of likely N-dealkylation sites (tertiary alicyclic amines) is 2. The Balaban J connectivity index is 1.46. The van der Waals surface area contributed by atoms with Gasteiger partial charge in [-0.25, -0.2) is 0 Å². The highest BCUT2D eigenvalue weighted by Gasteiger charge is 2.30. The third kappa shape index (κ3) is 4.28. The average Bonchev–Trinajstić information content (AvgIpc) is 3.10. The second-order valence-corrected chi connectivity index (χ2v) is 7.01. The van der Waals surface area contributed by atoms with Gasteiger partial charge in [-0.1, -0.05) is 24.1 Å². The number of carbonyl (C=O) groups is 2. The van der Waals surface area contributed by atoms with Crippen LogP contribution in [0, 0.1) is 0 Å². The summed E-state index contributed by atoms with van der Waals surface area (Å²) < 4.78 is 0. The molecule has 0 saturated carbocycles. The highest BCUT2D eigenvalue weighted by atomic mass is 35.5. The van der Waals surface area contributed by atoms with Crippen LogP contribution in [0.25, 0.3) is 0 Å². The number of hydrogen-bond acceptors (Lipinski definition) is 3. The summed E-state index contributed by atoms with van der Waals surface area (Å²) in [6.45, 7) is 3.91. The maximum absolute atomic E-state index is 12.3. The van der Waals surface area contributed by atoms with Gasteiger partial charge >= 0.3 is 0 Å². The summed E-state index contributed by atoms with van der Waals surface area (Å²) in [5, 5.41) is 3.21. The van der Waals surface area contributed by atoms with E-state index in [1.807, 2.05) is 4.90 Å². The third-order valence-electron chi connectivity index (χ3n) is 4.91. The van der Waals surface area contributed by atoms with Crippen LogP contribution < -0.4 is 5.32 Å². The van der Waals surface area contributed by atoms with E-state index < -0.39 is 0 Å². The van der Waals surface area contributed by atoms with Gasteiger partial charge in [0.2, 0.25) is 5.91 Å². The number of nitrogens with one attached hydrogen (secondary N) is 1. The zero-order valence-electron chi connectivity index (χ0n) is 13.8. The molecule has 1 aromatic carbocycles. The molecule has 2 fully saturated rings. The van der Waals surface area contributed by atoms with Gasteiger partial charge in [-0.3, -0.25) is 14.5 Å². The van der Waals surface area contributed by atoms with E-state index in [2.05, 4.69) is 10.2 Å². The molecule has 5 nitrogen and oxygen atoms in total. The quantitative estimate of drug-likeness (QED) is 0.906. The van der Waals surface area contributed by atoms with Crippen LogP contribution in [0.4, 0.5) is 0 Å². The fraction of sp³-hybridized carbons (Fsp3) is 0.556. The average molecular weight is 350 g/mol. The van der Waals surface area contributed by atoms with Gasteiger partial charge in [0.1, 0.15) is 0 Å². The predicted octanol–water partition coefficient (Wildman–Crippen LogP) is 2.16. The smallest absolute Gasteiger partial charge is 0.251 e. The van der Waals surface area contributed by atoms with Gasteiger partial charge in [0.05, 0.1) is 6.54 Å². The third-order valence-corrected chi connectivity index (χ3v) is 5.15. The minimum atomic E-state index is -0.266. The SMILES string of the molecule is O=C(NCC(=O)N1CCC(N2CCCCC2)C1)c1cccc(Cl)c1. The van der Waals surface area contributed by atoms with Gasteiger partial charge in [0, 0.05) is 29.7 Å². The molecule has 0 radical (unpaired) electrons. The molecule has 130 valence electrons. The Bertz CT molecular complexity index is 602. The van der Waals surface area contributed by atoms with Gasteiger partial charge in [-0.15, -0.1) is 0 Å². The number of halogens is 1. The number of piperidine rings is 1. The number of carbonyl (C=O) groups excluding carboxylic acids is 2. The summed E-state index contributed by atoms with van der Waals surface area (Å²) in [7, 11) is 0. The van der Waals surface area contributed by atoms with E-state index in [1.54, 1.807) is 24.3 Å². The first-order valence-corrected chi connectivity index (χ1v) is 9.07. The van der Waals surface area contributed by atoms with Crippen LogP contribution in [0.5, 0.6) is 0 Å². The number of rotatable bonds is 4. The maximum Gasteiger partial charge on any atom is 0.251 e. The molecule has 2 heterocycles. The highest BCUT2D eigenvalue weighted by molar-refractivity contribution is 6.30. The Kier molecular flexibility index (Phi) is 5.74. The van der Waals surface area contributed by atoms with Crippen molar-refractivity contribution in [3.8, 4) is 0 Å². The Hall–Kier alpha value is -1.59. The predicted molar refractivity (Wildman–Crippen MR) is 94.2 cm³/mol. The van der Waals surface area contributed by atoms with Gasteiger partial charge in [0.15, 0.2) is 0 Å². The molecule has 0 aliphatic carbocycles. The molecule has 3 rings (SSSR count). The highest BCUT2D eigenvalue weighted by Crippen LogP contribution is 2.20. The molecule has 0 spiro atoms. The minimum absolute atomic E-state index is 0.00936. The molecule has 0 bridgehead atoms. The van der Waals surface area contributed by atoms with Gasteiger partial charge in [0.25, 0.3) is 5.91 Å². The molecule has 2 amide bonds. The Morgan fingerprint density at radius 1 is 1.17 bits per heavy atom. The van der Waals surface area contributed by atoms with Crippen molar-refractivity contribution in [1.29, 1.82) is 0 Å². The van der Waals surface area contributed by atoms with Crippen LogP contribution in [-0.2, 0) is 4.79 Å². The van der Waals surface area contributed by atoms with E-state index >= 15 is 0 Å². The van der Waals surface area contributed by atoms with Crippen LogP contribution in [0.1, 0.15) is 36.0 Å². The summed E-state index contributed by atoms with van der Waals surface area (Å²) in [6.07, 6.45) is 4.88. The van der Waals surface area contributed by atoms with Crippen LogP contribution in [0.15, 0.2) is 24.3 Å².